The Labute approximate surface area is 213 Å². The molecule has 0 aromatic heterocycles. The molecule has 3 aromatic carbocycles. The van der Waals surface area contributed by atoms with Crippen LogP contribution in [-0.4, -0.2) is 49.2 Å². The van der Waals surface area contributed by atoms with Gasteiger partial charge in [0.2, 0.25) is 0 Å². The number of rotatable bonds is 9. The Morgan fingerprint density at radius 3 is 2.22 bits per heavy atom. The van der Waals surface area contributed by atoms with Crippen molar-refractivity contribution < 1.29 is 33.4 Å². The van der Waals surface area contributed by atoms with Crippen LogP contribution in [-0.2, 0) is 4.79 Å². The summed E-state index contributed by atoms with van der Waals surface area (Å²) in [6, 6.07) is 15.0. The normalized spacial score (nSPS) is 17.1. The number of carbonyl (C=O) groups is 3. The molecule has 1 fully saturated rings. The molecule has 4 rings (SSSR count). The fraction of sp³-hybridized carbons (Fsp3) is 0.321. The molecule has 0 spiro atoms. The maximum atomic E-state index is 14.6. The van der Waals surface area contributed by atoms with Gasteiger partial charge in [0, 0.05) is 24.7 Å². The van der Waals surface area contributed by atoms with Crippen molar-refractivity contribution in [2.24, 2.45) is 5.92 Å². The minimum atomic E-state index is -0.797. The van der Waals surface area contributed by atoms with E-state index in [0.717, 1.165) is 16.8 Å². The molecule has 0 unspecified atom stereocenters. The lowest BCUT2D eigenvalue weighted by atomic mass is 9.87. The van der Waals surface area contributed by atoms with E-state index in [0.29, 0.717) is 42.7 Å². The van der Waals surface area contributed by atoms with Crippen LogP contribution in [0.15, 0.2) is 54.6 Å². The van der Waals surface area contributed by atoms with E-state index in [1.54, 1.807) is 19.2 Å². The Bertz CT molecular complexity index is 1300. The zero-order valence-electron chi connectivity index (χ0n) is 20.5. The monoisotopic (exact) mass is 508 g/mol. The molecule has 2 amide bonds. The fourth-order valence-electron chi connectivity index (χ4n) is 4.42. The van der Waals surface area contributed by atoms with E-state index >= 15 is 0 Å². The summed E-state index contributed by atoms with van der Waals surface area (Å²) in [6.45, 7) is 0.291. The van der Waals surface area contributed by atoms with Crippen LogP contribution in [0.3, 0.4) is 0 Å². The van der Waals surface area contributed by atoms with Gasteiger partial charge in [-0.2, -0.15) is 0 Å². The van der Waals surface area contributed by atoms with Crippen molar-refractivity contribution in [3.05, 3.63) is 71.5 Å². The number of halogens is 1. The molecule has 194 valence electrons. The first-order chi connectivity index (χ1) is 17.8. The van der Waals surface area contributed by atoms with Crippen molar-refractivity contribution in [1.29, 1.82) is 0 Å². The summed E-state index contributed by atoms with van der Waals surface area (Å²) in [6.07, 6.45) is 2.03. The molecule has 0 heterocycles. The van der Waals surface area contributed by atoms with Crippen LogP contribution in [0, 0.1) is 11.7 Å². The highest BCUT2D eigenvalue weighted by atomic mass is 19.1. The Kier molecular flexibility index (Phi) is 8.22. The molecule has 0 bridgehead atoms. The maximum absolute atomic E-state index is 14.6. The van der Waals surface area contributed by atoms with Crippen LogP contribution >= 0.6 is 0 Å². The van der Waals surface area contributed by atoms with E-state index in [4.69, 9.17) is 14.6 Å². The molecule has 3 aromatic rings. The number of aliphatic carboxylic acids is 1. The van der Waals surface area contributed by atoms with Crippen molar-refractivity contribution in [2.45, 2.75) is 31.8 Å². The predicted molar refractivity (Wildman–Crippen MR) is 136 cm³/mol. The summed E-state index contributed by atoms with van der Waals surface area (Å²) in [5, 5.41) is 16.3. The Hall–Kier alpha value is -4.14. The van der Waals surface area contributed by atoms with E-state index < -0.39 is 17.7 Å². The van der Waals surface area contributed by atoms with E-state index in [-0.39, 0.29) is 36.6 Å². The van der Waals surface area contributed by atoms with Crippen LogP contribution in [0.25, 0.3) is 10.8 Å². The number of nitrogens with one attached hydrogen (secondary N) is 2. The Morgan fingerprint density at radius 2 is 1.54 bits per heavy atom. The molecule has 0 aliphatic heterocycles. The number of carboxylic acid groups (broad SMARTS) is 1. The van der Waals surface area contributed by atoms with E-state index in [1.165, 1.54) is 12.1 Å². The summed E-state index contributed by atoms with van der Waals surface area (Å²) < 4.78 is 25.6. The molecule has 9 heteroatoms. The molecule has 1 aliphatic carbocycles. The average Bonchev–Trinajstić information content (AvgIpc) is 2.90. The van der Waals surface area contributed by atoms with Crippen LogP contribution in [0.5, 0.6) is 11.5 Å². The van der Waals surface area contributed by atoms with Crippen molar-refractivity contribution in [3.8, 4) is 11.5 Å². The molecular weight excluding hydrogens is 479 g/mol. The molecule has 0 atom stereocenters. The lowest BCUT2D eigenvalue weighted by Crippen LogP contribution is -2.35. The zero-order valence-corrected chi connectivity index (χ0v) is 20.5. The van der Waals surface area contributed by atoms with Crippen molar-refractivity contribution in [1.82, 2.24) is 10.6 Å². The van der Waals surface area contributed by atoms with Crippen LogP contribution < -0.4 is 20.1 Å². The van der Waals surface area contributed by atoms with Gasteiger partial charge in [0.25, 0.3) is 11.8 Å². The summed E-state index contributed by atoms with van der Waals surface area (Å²) in [7, 11) is 1.58. The second-order valence-electron chi connectivity index (χ2n) is 9.01. The van der Waals surface area contributed by atoms with Gasteiger partial charge in [-0.25, -0.2) is 4.39 Å². The molecule has 8 nitrogen and oxygen atoms in total. The Morgan fingerprint density at radius 1 is 0.865 bits per heavy atom. The molecule has 0 radical (unpaired) electrons. The van der Waals surface area contributed by atoms with Gasteiger partial charge in [-0.3, -0.25) is 14.4 Å². The van der Waals surface area contributed by atoms with E-state index in [9.17, 15) is 18.8 Å². The topological polar surface area (TPSA) is 114 Å². The summed E-state index contributed by atoms with van der Waals surface area (Å²) in [5.74, 6) is -1.76. The second kappa shape index (κ2) is 11.7. The van der Waals surface area contributed by atoms with Crippen LogP contribution in [0.4, 0.5) is 4.39 Å². The van der Waals surface area contributed by atoms with Gasteiger partial charge in [0.1, 0.15) is 17.3 Å². The highest BCUT2D eigenvalue weighted by Crippen LogP contribution is 2.28. The standard InChI is InChI=1S/C28H29FN2O6/c1-36-22-9-4-17-2-3-19(14-20(17)15-22)26(32)30-12-13-31-27(33)24-11-10-23(16-25(24)29)37-21-7-5-18(6-8-21)28(34)35/h2-4,9-11,14-16,18,21H,5-8,12-13H2,1H3,(H,30,32)(H,31,33)(H,34,35)/t18-,21+. The van der Waals surface area contributed by atoms with Crippen LogP contribution in [0.2, 0.25) is 0 Å². The number of hydrogen-bond donors (Lipinski definition) is 3. The molecule has 0 saturated heterocycles. The first kappa shape index (κ1) is 25.9. The predicted octanol–water partition coefficient (Wildman–Crippen LogP) is 4.17. The summed E-state index contributed by atoms with van der Waals surface area (Å²) >= 11 is 0. The third kappa shape index (κ3) is 6.55. The van der Waals surface area contributed by atoms with Gasteiger partial charge in [0.15, 0.2) is 0 Å². The van der Waals surface area contributed by atoms with Crippen LogP contribution in [0.1, 0.15) is 46.4 Å². The third-order valence-corrected chi connectivity index (χ3v) is 6.52. The first-order valence-electron chi connectivity index (χ1n) is 12.2. The zero-order chi connectivity index (χ0) is 26.4. The van der Waals surface area contributed by atoms with E-state index in [1.807, 2.05) is 24.3 Å². The average molecular weight is 509 g/mol. The van der Waals surface area contributed by atoms with Gasteiger partial charge < -0.3 is 25.2 Å². The first-order valence-corrected chi connectivity index (χ1v) is 12.2. The molecule has 3 N–H and O–H groups in total. The lowest BCUT2D eigenvalue weighted by molar-refractivity contribution is -0.143. The van der Waals surface area contributed by atoms with Gasteiger partial charge in [0.05, 0.1) is 24.7 Å². The molecular formula is C28H29FN2O6. The van der Waals surface area contributed by atoms with Gasteiger partial charge in [-0.05, 0) is 72.9 Å². The SMILES string of the molecule is COc1ccc2ccc(C(=O)NCCNC(=O)c3ccc(O[C@H]4CC[C@@H](C(=O)O)CC4)cc3F)cc2c1. The Balaban J connectivity index is 1.24. The second-order valence-corrected chi connectivity index (χ2v) is 9.01. The minimum Gasteiger partial charge on any atom is -0.497 e. The maximum Gasteiger partial charge on any atom is 0.306 e. The smallest absolute Gasteiger partial charge is 0.306 e. The molecule has 1 aliphatic rings. The third-order valence-electron chi connectivity index (χ3n) is 6.52. The van der Waals surface area contributed by atoms with Crippen molar-refractivity contribution in [3.63, 3.8) is 0 Å². The minimum absolute atomic E-state index is 0.122. The number of ether oxygens (including phenoxy) is 2. The number of hydrogen-bond acceptors (Lipinski definition) is 5. The highest BCUT2D eigenvalue weighted by Gasteiger charge is 2.27. The quantitative estimate of drug-likeness (QED) is 0.374. The number of amides is 2. The van der Waals surface area contributed by atoms with Crippen molar-refractivity contribution >= 4 is 28.6 Å². The van der Waals surface area contributed by atoms with Gasteiger partial charge >= 0.3 is 5.97 Å². The summed E-state index contributed by atoms with van der Waals surface area (Å²) in [4.78, 5) is 36.0. The molecule has 37 heavy (non-hydrogen) atoms. The molecule has 1 saturated carbocycles. The number of carbonyl (C=O) groups excluding carboxylic acids is 2. The number of benzene rings is 3. The van der Waals surface area contributed by atoms with Gasteiger partial charge in [-0.1, -0.05) is 12.1 Å². The number of carboxylic acids is 1. The lowest BCUT2D eigenvalue weighted by Gasteiger charge is -2.26. The summed E-state index contributed by atoms with van der Waals surface area (Å²) in [5.41, 5.74) is 0.349. The largest absolute Gasteiger partial charge is 0.497 e. The highest BCUT2D eigenvalue weighted by molar-refractivity contribution is 5.99. The van der Waals surface area contributed by atoms with E-state index in [2.05, 4.69) is 10.6 Å². The fourth-order valence-corrected chi connectivity index (χ4v) is 4.42. The number of fused-ring (bicyclic) bond motifs is 1. The van der Waals surface area contributed by atoms with Gasteiger partial charge in [-0.15, -0.1) is 0 Å². The van der Waals surface area contributed by atoms with Crippen molar-refractivity contribution in [2.75, 3.05) is 20.2 Å². The number of methoxy groups -OCH3 is 1.